The van der Waals surface area contributed by atoms with Gasteiger partial charge in [0.15, 0.2) is 0 Å². The maximum atomic E-state index is 10.7. The van der Waals surface area contributed by atoms with E-state index in [4.69, 9.17) is 4.55 Å². The zero-order chi connectivity index (χ0) is 10.2. The van der Waals surface area contributed by atoms with Crippen molar-refractivity contribution in [2.45, 2.75) is 38.9 Å². The highest BCUT2D eigenvalue weighted by Crippen LogP contribution is 2.36. The molecule has 0 bridgehead atoms. The summed E-state index contributed by atoms with van der Waals surface area (Å²) in [5.74, 6) is 0. The van der Waals surface area contributed by atoms with Gasteiger partial charge in [0.05, 0.1) is 13.5 Å². The maximum Gasteiger partial charge on any atom is 0.262 e. The Hall–Kier alpha value is 0.127. The van der Waals surface area contributed by atoms with Crippen molar-refractivity contribution in [3.63, 3.8) is 0 Å². The van der Waals surface area contributed by atoms with Crippen LogP contribution in [-0.2, 0) is 10.1 Å². The third-order valence-corrected chi connectivity index (χ3v) is 11.0. The number of hydrogen-bond acceptors (Lipinski definition) is 2. The Morgan fingerprint density at radius 3 is 1.67 bits per heavy atom. The van der Waals surface area contributed by atoms with Gasteiger partial charge in [0, 0.05) is 0 Å². The molecule has 0 fully saturated rings. The third kappa shape index (κ3) is 3.69. The van der Waals surface area contributed by atoms with Crippen LogP contribution in [0.15, 0.2) is 0 Å². The van der Waals surface area contributed by atoms with Gasteiger partial charge in [-0.25, -0.2) is 0 Å². The predicted molar refractivity (Wildman–Crippen MR) is 53.6 cm³/mol. The van der Waals surface area contributed by atoms with Crippen LogP contribution in [0.3, 0.4) is 0 Å². The Morgan fingerprint density at radius 2 is 1.58 bits per heavy atom. The van der Waals surface area contributed by atoms with Crippen LogP contribution in [0.1, 0.15) is 20.8 Å². The van der Waals surface area contributed by atoms with E-state index in [2.05, 4.69) is 0 Å². The minimum absolute atomic E-state index is 0.00278. The van der Waals surface area contributed by atoms with Crippen molar-refractivity contribution in [2.75, 3.05) is 5.38 Å². The summed E-state index contributed by atoms with van der Waals surface area (Å²) in [5, 5.41) is -0.0493. The van der Waals surface area contributed by atoms with E-state index in [1.165, 1.54) is 0 Å². The predicted octanol–water partition coefficient (Wildman–Crippen LogP) is 1.92. The monoisotopic (exact) mass is 210 g/mol. The van der Waals surface area contributed by atoms with Crippen molar-refractivity contribution in [1.29, 1.82) is 0 Å². The van der Waals surface area contributed by atoms with Crippen molar-refractivity contribution in [3.05, 3.63) is 0 Å². The summed E-state index contributed by atoms with van der Waals surface area (Å²) in [6.07, 6.45) is 0. The lowest BCUT2D eigenvalue weighted by atomic mass is 10.2. The zero-order valence-electron chi connectivity index (χ0n) is 8.38. The lowest BCUT2D eigenvalue weighted by Crippen LogP contribution is -2.44. The Labute approximate surface area is 75.9 Å². The Kier molecular flexibility index (Phi) is 3.15. The first-order valence-electron chi connectivity index (χ1n) is 3.91. The van der Waals surface area contributed by atoms with Crippen LogP contribution in [0.5, 0.6) is 0 Å². The summed E-state index contributed by atoms with van der Waals surface area (Å²) in [4.78, 5) is 0. The fraction of sp³-hybridized carbons (Fsp3) is 1.00. The molecule has 0 rings (SSSR count). The molecule has 12 heavy (non-hydrogen) atoms. The summed E-state index contributed by atoms with van der Waals surface area (Å²) in [5.41, 5.74) is 0. The molecule has 0 radical (unpaired) electrons. The molecule has 0 amide bonds. The first-order valence-corrected chi connectivity index (χ1v) is 8.72. The second-order valence-electron chi connectivity index (χ2n) is 4.86. The van der Waals surface area contributed by atoms with Crippen LogP contribution in [0.4, 0.5) is 0 Å². The SMILES string of the molecule is CC(C)(C)[Si](C)(C)CS(=O)(=O)O. The Morgan fingerprint density at radius 1 is 1.25 bits per heavy atom. The van der Waals surface area contributed by atoms with Crippen LogP contribution >= 0.6 is 0 Å². The number of hydrogen-bond donors (Lipinski definition) is 1. The largest absolute Gasteiger partial charge is 0.286 e. The Balaban J connectivity index is 4.67. The Bertz CT molecular complexity index is 248. The molecule has 74 valence electrons. The van der Waals surface area contributed by atoms with Crippen LogP contribution in [0, 0.1) is 0 Å². The molecule has 0 saturated heterocycles. The number of rotatable bonds is 2. The summed E-state index contributed by atoms with van der Waals surface area (Å²) in [6.45, 7) is 10.0. The summed E-state index contributed by atoms with van der Waals surface area (Å²) in [6, 6.07) is 0. The maximum absolute atomic E-state index is 10.7. The highest BCUT2D eigenvalue weighted by molar-refractivity contribution is 7.87. The van der Waals surface area contributed by atoms with E-state index >= 15 is 0 Å². The first-order chi connectivity index (χ1) is 4.96. The third-order valence-electron chi connectivity index (χ3n) is 2.57. The minimum atomic E-state index is -3.80. The van der Waals surface area contributed by atoms with E-state index in [1.54, 1.807) is 0 Å². The molecule has 0 saturated carbocycles. The lowest BCUT2D eigenvalue weighted by molar-refractivity contribution is 0.487. The molecule has 5 heteroatoms. The molecule has 0 aromatic carbocycles. The fourth-order valence-electron chi connectivity index (χ4n) is 0.673. The highest BCUT2D eigenvalue weighted by atomic mass is 32.2. The van der Waals surface area contributed by atoms with E-state index in [9.17, 15) is 8.42 Å². The molecule has 0 heterocycles. The molecule has 3 nitrogen and oxygen atoms in total. The molecule has 0 aliphatic rings. The highest BCUT2D eigenvalue weighted by Gasteiger charge is 2.38. The van der Waals surface area contributed by atoms with Gasteiger partial charge < -0.3 is 0 Å². The van der Waals surface area contributed by atoms with Crippen LogP contribution in [-0.4, -0.2) is 26.4 Å². The van der Waals surface area contributed by atoms with E-state index in [1.807, 2.05) is 33.9 Å². The summed E-state index contributed by atoms with van der Waals surface area (Å²) >= 11 is 0. The van der Waals surface area contributed by atoms with Gasteiger partial charge in [0.1, 0.15) is 0 Å². The zero-order valence-corrected chi connectivity index (χ0v) is 10.2. The van der Waals surface area contributed by atoms with E-state index < -0.39 is 18.2 Å². The quantitative estimate of drug-likeness (QED) is 0.559. The van der Waals surface area contributed by atoms with Gasteiger partial charge in [-0.3, -0.25) is 4.55 Å². The van der Waals surface area contributed by atoms with E-state index in [0.717, 1.165) is 0 Å². The van der Waals surface area contributed by atoms with Crippen molar-refractivity contribution < 1.29 is 13.0 Å². The molecular weight excluding hydrogens is 192 g/mol. The molecule has 0 spiro atoms. The summed E-state index contributed by atoms with van der Waals surface area (Å²) < 4.78 is 30.1. The van der Waals surface area contributed by atoms with Crippen molar-refractivity contribution in [3.8, 4) is 0 Å². The van der Waals surface area contributed by atoms with Gasteiger partial charge in [0.25, 0.3) is 10.1 Å². The van der Waals surface area contributed by atoms with Gasteiger partial charge >= 0.3 is 0 Å². The molecule has 0 atom stereocenters. The topological polar surface area (TPSA) is 54.4 Å². The van der Waals surface area contributed by atoms with Crippen LogP contribution < -0.4 is 0 Å². The second-order valence-corrected chi connectivity index (χ2v) is 12.4. The first kappa shape index (κ1) is 12.1. The van der Waals surface area contributed by atoms with Crippen LogP contribution in [0.2, 0.25) is 18.1 Å². The van der Waals surface area contributed by atoms with E-state index in [0.29, 0.717) is 0 Å². The molecule has 0 aromatic rings. The lowest BCUT2D eigenvalue weighted by Gasteiger charge is -2.35. The molecule has 1 N–H and O–H groups in total. The normalized spacial score (nSPS) is 14.8. The molecular formula is C7H18O3SSi. The van der Waals surface area contributed by atoms with Crippen LogP contribution in [0.25, 0.3) is 0 Å². The van der Waals surface area contributed by atoms with Gasteiger partial charge in [-0.2, -0.15) is 8.42 Å². The average Bonchev–Trinajstić information content (AvgIpc) is 1.52. The van der Waals surface area contributed by atoms with E-state index in [-0.39, 0.29) is 10.4 Å². The van der Waals surface area contributed by atoms with Gasteiger partial charge in [-0.15, -0.1) is 0 Å². The molecule has 0 aliphatic carbocycles. The smallest absolute Gasteiger partial charge is 0.262 e. The van der Waals surface area contributed by atoms with Gasteiger partial charge in [-0.1, -0.05) is 33.9 Å². The van der Waals surface area contributed by atoms with Gasteiger partial charge in [-0.05, 0) is 5.04 Å². The molecule has 0 unspecified atom stereocenters. The molecule has 0 aromatic heterocycles. The van der Waals surface area contributed by atoms with Crippen molar-refractivity contribution in [1.82, 2.24) is 0 Å². The van der Waals surface area contributed by atoms with Crippen molar-refractivity contribution in [2.24, 2.45) is 0 Å². The fourth-order valence-corrected chi connectivity index (χ4v) is 6.05. The standard InChI is InChI=1S/C7H18O3SSi/c1-7(2,3)12(4,5)6-11(8,9)10/h6H2,1-5H3,(H,8,9,10). The second kappa shape index (κ2) is 3.12. The summed E-state index contributed by atoms with van der Waals surface area (Å²) in [7, 11) is -5.68. The minimum Gasteiger partial charge on any atom is -0.286 e. The average molecular weight is 210 g/mol. The molecule has 0 aliphatic heterocycles. The van der Waals surface area contributed by atoms with Crippen molar-refractivity contribution >= 4 is 18.2 Å². The van der Waals surface area contributed by atoms with Gasteiger partial charge in [0.2, 0.25) is 0 Å².